The zero-order valence-corrected chi connectivity index (χ0v) is 14.0. The topological polar surface area (TPSA) is 54.0 Å². The summed E-state index contributed by atoms with van der Waals surface area (Å²) in [4.78, 5) is 15.4. The van der Waals surface area contributed by atoms with Crippen LogP contribution < -0.4 is 10.6 Å². The lowest BCUT2D eigenvalue weighted by molar-refractivity contribution is -0.114. The minimum atomic E-state index is -0.0922. The fourth-order valence-corrected chi connectivity index (χ4v) is 2.58. The SMILES string of the molecule is CC(=O)Nc1cccc(C(C)Nc2ncc(Br)cc2Cl)c1. The zero-order chi connectivity index (χ0) is 15.4. The van der Waals surface area contributed by atoms with E-state index in [1.54, 1.807) is 12.3 Å². The van der Waals surface area contributed by atoms with Gasteiger partial charge < -0.3 is 10.6 Å². The number of rotatable bonds is 4. The van der Waals surface area contributed by atoms with E-state index in [9.17, 15) is 4.79 Å². The molecule has 1 aromatic heterocycles. The molecule has 0 bridgehead atoms. The van der Waals surface area contributed by atoms with Crippen LogP contribution in [0.5, 0.6) is 0 Å². The molecule has 1 amide bonds. The highest BCUT2D eigenvalue weighted by atomic mass is 79.9. The Hall–Kier alpha value is -1.59. The molecular formula is C15H15BrClN3O. The summed E-state index contributed by atoms with van der Waals surface area (Å²) in [7, 11) is 0. The summed E-state index contributed by atoms with van der Waals surface area (Å²) in [5.41, 5.74) is 1.80. The standard InChI is InChI=1S/C15H15BrClN3O/c1-9(19-15-14(17)7-12(16)8-18-15)11-4-3-5-13(6-11)20-10(2)21/h3-9H,1-2H3,(H,18,19)(H,20,21). The largest absolute Gasteiger partial charge is 0.362 e. The first-order valence-corrected chi connectivity index (χ1v) is 7.58. The first-order valence-electron chi connectivity index (χ1n) is 6.41. The fourth-order valence-electron chi connectivity index (χ4n) is 1.90. The van der Waals surface area contributed by atoms with Crippen molar-refractivity contribution in [2.45, 2.75) is 19.9 Å². The molecule has 0 aliphatic heterocycles. The second-order valence-electron chi connectivity index (χ2n) is 4.66. The summed E-state index contributed by atoms with van der Waals surface area (Å²) in [6, 6.07) is 9.45. The third kappa shape index (κ3) is 4.44. The van der Waals surface area contributed by atoms with E-state index in [-0.39, 0.29) is 11.9 Å². The van der Waals surface area contributed by atoms with E-state index in [1.807, 2.05) is 31.2 Å². The number of aromatic nitrogens is 1. The number of pyridine rings is 1. The molecule has 6 heteroatoms. The van der Waals surface area contributed by atoms with Gasteiger partial charge in [-0.25, -0.2) is 4.98 Å². The molecule has 1 atom stereocenters. The molecule has 2 aromatic rings. The second-order valence-corrected chi connectivity index (χ2v) is 5.98. The van der Waals surface area contributed by atoms with Gasteiger partial charge in [0.15, 0.2) is 0 Å². The van der Waals surface area contributed by atoms with Crippen LogP contribution in [0.1, 0.15) is 25.5 Å². The predicted octanol–water partition coefficient (Wildman–Crippen LogP) is 4.63. The lowest BCUT2D eigenvalue weighted by Gasteiger charge is -2.17. The van der Waals surface area contributed by atoms with E-state index in [4.69, 9.17) is 11.6 Å². The van der Waals surface area contributed by atoms with Crippen molar-refractivity contribution in [1.82, 2.24) is 4.98 Å². The summed E-state index contributed by atoms with van der Waals surface area (Å²) < 4.78 is 0.832. The van der Waals surface area contributed by atoms with Gasteiger partial charge in [-0.2, -0.15) is 0 Å². The second kappa shape index (κ2) is 6.91. The van der Waals surface area contributed by atoms with Gasteiger partial charge in [-0.05, 0) is 46.6 Å². The zero-order valence-electron chi connectivity index (χ0n) is 11.7. The van der Waals surface area contributed by atoms with E-state index >= 15 is 0 Å². The molecule has 21 heavy (non-hydrogen) atoms. The Kier molecular flexibility index (Phi) is 5.20. The molecule has 0 saturated carbocycles. The molecule has 1 unspecified atom stereocenters. The van der Waals surface area contributed by atoms with Crippen LogP contribution in [0.3, 0.4) is 0 Å². The van der Waals surface area contributed by atoms with Gasteiger partial charge in [0.25, 0.3) is 0 Å². The quantitative estimate of drug-likeness (QED) is 0.827. The molecule has 0 radical (unpaired) electrons. The van der Waals surface area contributed by atoms with Gasteiger partial charge in [0.05, 0.1) is 11.1 Å². The average molecular weight is 369 g/mol. The molecular weight excluding hydrogens is 354 g/mol. The number of anilines is 2. The van der Waals surface area contributed by atoms with Crippen molar-refractivity contribution >= 4 is 44.9 Å². The van der Waals surface area contributed by atoms with E-state index in [0.29, 0.717) is 10.8 Å². The normalized spacial score (nSPS) is 11.8. The van der Waals surface area contributed by atoms with E-state index in [1.165, 1.54) is 6.92 Å². The van der Waals surface area contributed by atoms with Crippen LogP contribution >= 0.6 is 27.5 Å². The molecule has 1 heterocycles. The molecule has 0 saturated heterocycles. The molecule has 0 aliphatic carbocycles. The van der Waals surface area contributed by atoms with Crippen LogP contribution in [-0.2, 0) is 4.79 Å². The minimum absolute atomic E-state index is 0.00452. The molecule has 4 nitrogen and oxygen atoms in total. The van der Waals surface area contributed by atoms with Crippen molar-refractivity contribution in [2.75, 3.05) is 10.6 Å². The minimum Gasteiger partial charge on any atom is -0.362 e. The number of amides is 1. The van der Waals surface area contributed by atoms with Crippen molar-refractivity contribution in [3.63, 3.8) is 0 Å². The molecule has 2 N–H and O–H groups in total. The Labute approximate surface area is 137 Å². The maximum Gasteiger partial charge on any atom is 0.221 e. The van der Waals surface area contributed by atoms with Gasteiger partial charge in [0.1, 0.15) is 5.82 Å². The number of carbonyl (C=O) groups is 1. The number of nitrogens with one attached hydrogen (secondary N) is 2. The Morgan fingerprint density at radius 3 is 2.81 bits per heavy atom. The van der Waals surface area contributed by atoms with Gasteiger partial charge in [-0.15, -0.1) is 0 Å². The van der Waals surface area contributed by atoms with Crippen LogP contribution in [0.25, 0.3) is 0 Å². The maximum atomic E-state index is 11.1. The van der Waals surface area contributed by atoms with E-state index < -0.39 is 0 Å². The van der Waals surface area contributed by atoms with Gasteiger partial charge in [0.2, 0.25) is 5.91 Å². The van der Waals surface area contributed by atoms with Gasteiger partial charge in [0, 0.05) is 23.3 Å². The Bertz CT molecular complexity index is 663. The van der Waals surface area contributed by atoms with Crippen LogP contribution in [-0.4, -0.2) is 10.9 Å². The third-order valence-electron chi connectivity index (χ3n) is 2.87. The number of halogens is 2. The van der Waals surface area contributed by atoms with Gasteiger partial charge in [-0.3, -0.25) is 4.79 Å². The van der Waals surface area contributed by atoms with Gasteiger partial charge >= 0.3 is 0 Å². The summed E-state index contributed by atoms with van der Waals surface area (Å²) in [6.07, 6.45) is 1.69. The number of benzene rings is 1. The Morgan fingerprint density at radius 2 is 2.14 bits per heavy atom. The van der Waals surface area contributed by atoms with E-state index in [0.717, 1.165) is 15.7 Å². The fraction of sp³-hybridized carbons (Fsp3) is 0.200. The summed E-state index contributed by atoms with van der Waals surface area (Å²) in [5, 5.41) is 6.58. The third-order valence-corrected chi connectivity index (χ3v) is 3.59. The predicted molar refractivity (Wildman–Crippen MR) is 89.7 cm³/mol. The summed E-state index contributed by atoms with van der Waals surface area (Å²) >= 11 is 9.47. The maximum absolute atomic E-state index is 11.1. The highest BCUT2D eigenvalue weighted by Crippen LogP contribution is 2.27. The first kappa shape index (κ1) is 15.8. The van der Waals surface area contributed by atoms with Crippen LogP contribution in [0.4, 0.5) is 11.5 Å². The molecule has 0 spiro atoms. The van der Waals surface area contributed by atoms with Crippen molar-refractivity contribution in [3.8, 4) is 0 Å². The molecule has 0 aliphatic rings. The van der Waals surface area contributed by atoms with Crippen molar-refractivity contribution in [3.05, 3.63) is 51.6 Å². The Morgan fingerprint density at radius 1 is 1.38 bits per heavy atom. The van der Waals surface area contributed by atoms with Crippen molar-refractivity contribution < 1.29 is 4.79 Å². The molecule has 110 valence electrons. The van der Waals surface area contributed by atoms with Crippen LogP contribution in [0, 0.1) is 0 Å². The lowest BCUT2D eigenvalue weighted by Crippen LogP contribution is -2.10. The average Bonchev–Trinajstić information content (AvgIpc) is 2.41. The summed E-state index contributed by atoms with van der Waals surface area (Å²) in [6.45, 7) is 3.49. The highest BCUT2D eigenvalue weighted by molar-refractivity contribution is 9.10. The van der Waals surface area contributed by atoms with Gasteiger partial charge in [-0.1, -0.05) is 23.7 Å². The number of hydrogen-bond donors (Lipinski definition) is 2. The van der Waals surface area contributed by atoms with Crippen LogP contribution in [0.2, 0.25) is 5.02 Å². The van der Waals surface area contributed by atoms with Crippen LogP contribution in [0.15, 0.2) is 41.0 Å². The monoisotopic (exact) mass is 367 g/mol. The number of hydrogen-bond acceptors (Lipinski definition) is 3. The van der Waals surface area contributed by atoms with Crippen molar-refractivity contribution in [2.24, 2.45) is 0 Å². The Balaban J connectivity index is 2.16. The number of carbonyl (C=O) groups excluding carboxylic acids is 1. The first-order chi connectivity index (χ1) is 9.95. The molecule has 1 aromatic carbocycles. The smallest absolute Gasteiger partial charge is 0.221 e. The lowest BCUT2D eigenvalue weighted by atomic mass is 10.1. The van der Waals surface area contributed by atoms with E-state index in [2.05, 4.69) is 31.5 Å². The molecule has 0 fully saturated rings. The highest BCUT2D eigenvalue weighted by Gasteiger charge is 2.10. The van der Waals surface area contributed by atoms with Crippen molar-refractivity contribution in [1.29, 1.82) is 0 Å². The molecule has 2 rings (SSSR count). The number of nitrogens with zero attached hydrogens (tertiary/aromatic N) is 1. The summed E-state index contributed by atoms with van der Waals surface area (Å²) in [5.74, 6) is 0.530.